The third-order valence-electron chi connectivity index (χ3n) is 4.67. The molecule has 0 aliphatic carbocycles. The number of nitrogens with one attached hydrogen (secondary N) is 1. The highest BCUT2D eigenvalue weighted by molar-refractivity contribution is 7.98. The van der Waals surface area contributed by atoms with Gasteiger partial charge in [-0.05, 0) is 44.9 Å². The maximum absolute atomic E-state index is 13.0. The number of halogens is 4. The average Bonchev–Trinajstić information content (AvgIpc) is 3.31. The molecular formula is C19H20ClF3N6O2S. The van der Waals surface area contributed by atoms with Gasteiger partial charge in [0.25, 0.3) is 5.91 Å². The number of amides is 1. The molecule has 0 spiro atoms. The van der Waals surface area contributed by atoms with Crippen LogP contribution in [0.25, 0.3) is 5.82 Å². The first-order valence-electron chi connectivity index (χ1n) is 9.27. The first-order chi connectivity index (χ1) is 14.9. The maximum atomic E-state index is 13.0. The van der Waals surface area contributed by atoms with Crippen molar-refractivity contribution < 1.29 is 22.7 Å². The highest BCUT2D eigenvalue weighted by Gasteiger charge is 2.48. The zero-order chi connectivity index (χ0) is 23.7. The Balaban J connectivity index is 1.66. The average molecular weight is 489 g/mol. The monoisotopic (exact) mass is 488 g/mol. The van der Waals surface area contributed by atoms with Crippen LogP contribution in [-0.4, -0.2) is 43.2 Å². The SMILES string of the molecule is Cc1c(SNC(=O)c2ccc(-n3ccc(OCC(C)(C)C(F)(F)F)n3)nc2Cl)cnn1C. The van der Waals surface area contributed by atoms with Crippen molar-refractivity contribution in [2.45, 2.75) is 31.8 Å². The van der Waals surface area contributed by atoms with Crippen LogP contribution in [0.5, 0.6) is 5.88 Å². The topological polar surface area (TPSA) is 86.9 Å². The Hall–Kier alpha value is -2.73. The van der Waals surface area contributed by atoms with Gasteiger partial charge in [-0.15, -0.1) is 5.10 Å². The number of ether oxygens (including phenoxy) is 1. The van der Waals surface area contributed by atoms with Crippen LogP contribution in [0.2, 0.25) is 5.15 Å². The Labute approximate surface area is 191 Å². The van der Waals surface area contributed by atoms with Crippen LogP contribution >= 0.6 is 23.5 Å². The molecule has 3 aromatic heterocycles. The van der Waals surface area contributed by atoms with Crippen LogP contribution in [0.4, 0.5) is 13.2 Å². The van der Waals surface area contributed by atoms with E-state index < -0.39 is 24.1 Å². The quantitative estimate of drug-likeness (QED) is 0.392. The lowest BCUT2D eigenvalue weighted by atomic mass is 9.94. The van der Waals surface area contributed by atoms with Gasteiger partial charge < -0.3 is 4.74 Å². The summed E-state index contributed by atoms with van der Waals surface area (Å²) in [5.74, 6) is -0.168. The minimum absolute atomic E-state index is 0.00491. The molecule has 8 nitrogen and oxygen atoms in total. The van der Waals surface area contributed by atoms with E-state index in [9.17, 15) is 18.0 Å². The van der Waals surface area contributed by atoms with Crippen molar-refractivity contribution in [1.82, 2.24) is 29.3 Å². The zero-order valence-electron chi connectivity index (χ0n) is 17.6. The van der Waals surface area contributed by atoms with Gasteiger partial charge >= 0.3 is 6.18 Å². The molecule has 0 fully saturated rings. The predicted molar refractivity (Wildman–Crippen MR) is 113 cm³/mol. The van der Waals surface area contributed by atoms with Crippen LogP contribution in [0.3, 0.4) is 0 Å². The van der Waals surface area contributed by atoms with Crippen molar-refractivity contribution >= 4 is 29.5 Å². The second-order valence-corrected chi connectivity index (χ2v) is 8.73. The molecule has 0 radical (unpaired) electrons. The molecule has 1 N–H and O–H groups in total. The van der Waals surface area contributed by atoms with Gasteiger partial charge in [0.05, 0.1) is 27.8 Å². The molecule has 0 saturated heterocycles. The van der Waals surface area contributed by atoms with Crippen LogP contribution in [0.1, 0.15) is 29.9 Å². The molecule has 1 amide bonds. The summed E-state index contributed by atoms with van der Waals surface area (Å²) >= 11 is 7.28. The minimum Gasteiger partial charge on any atom is -0.476 e. The predicted octanol–water partition coefficient (Wildman–Crippen LogP) is 4.37. The van der Waals surface area contributed by atoms with E-state index in [-0.39, 0.29) is 22.4 Å². The van der Waals surface area contributed by atoms with Crippen molar-refractivity contribution in [3.05, 3.63) is 47.0 Å². The van der Waals surface area contributed by atoms with Crippen LogP contribution < -0.4 is 9.46 Å². The number of aryl methyl sites for hydroxylation is 1. The molecule has 32 heavy (non-hydrogen) atoms. The molecule has 3 rings (SSSR count). The van der Waals surface area contributed by atoms with Gasteiger partial charge in [-0.25, -0.2) is 9.67 Å². The largest absolute Gasteiger partial charge is 0.476 e. The van der Waals surface area contributed by atoms with Crippen LogP contribution in [0.15, 0.2) is 35.5 Å². The van der Waals surface area contributed by atoms with Crippen molar-refractivity contribution in [1.29, 1.82) is 0 Å². The van der Waals surface area contributed by atoms with Gasteiger partial charge in [-0.1, -0.05) is 11.6 Å². The van der Waals surface area contributed by atoms with Crippen LogP contribution in [0, 0.1) is 12.3 Å². The molecule has 13 heteroatoms. The first-order valence-corrected chi connectivity index (χ1v) is 10.5. The third-order valence-corrected chi connectivity index (χ3v) is 5.87. The number of pyridine rings is 1. The Morgan fingerprint density at radius 1 is 1.28 bits per heavy atom. The second-order valence-electron chi connectivity index (χ2n) is 7.53. The van der Waals surface area contributed by atoms with Gasteiger partial charge in [0.15, 0.2) is 5.82 Å². The fraction of sp³-hybridized carbons (Fsp3) is 0.368. The number of alkyl halides is 3. The first kappa shape index (κ1) is 23.9. The third kappa shape index (κ3) is 5.18. The van der Waals surface area contributed by atoms with Crippen molar-refractivity contribution in [3.8, 4) is 11.7 Å². The summed E-state index contributed by atoms with van der Waals surface area (Å²) in [6.45, 7) is 3.37. The Bertz CT molecular complexity index is 1130. The van der Waals surface area contributed by atoms with Gasteiger partial charge in [0.1, 0.15) is 11.8 Å². The van der Waals surface area contributed by atoms with Crippen molar-refractivity contribution in [2.75, 3.05) is 6.61 Å². The number of carbonyl (C=O) groups is 1. The normalized spacial score (nSPS) is 12.1. The zero-order valence-corrected chi connectivity index (χ0v) is 19.1. The molecule has 0 aliphatic heterocycles. The molecular weight excluding hydrogens is 469 g/mol. The Morgan fingerprint density at radius 3 is 2.59 bits per heavy atom. The summed E-state index contributed by atoms with van der Waals surface area (Å²) in [5, 5.41) is 8.11. The standard InChI is InChI=1S/C19H20ClF3N6O2S/c1-11-13(9-24-28(11)4)32-27-17(30)12-5-6-14(25-16(12)20)29-8-7-15(26-29)31-10-18(2,3)19(21,22)23/h5-9H,10H2,1-4H3,(H,27,30). The van der Waals surface area contributed by atoms with Gasteiger partial charge in [0.2, 0.25) is 5.88 Å². The molecule has 0 bridgehead atoms. The molecule has 172 valence electrons. The Morgan fingerprint density at radius 2 is 2.00 bits per heavy atom. The van der Waals surface area contributed by atoms with E-state index in [1.165, 1.54) is 29.1 Å². The molecule has 0 unspecified atom stereocenters. The molecule has 3 heterocycles. The molecule has 0 aliphatic rings. The van der Waals surface area contributed by atoms with Gasteiger partial charge in [-0.3, -0.25) is 14.2 Å². The van der Waals surface area contributed by atoms with Crippen LogP contribution in [-0.2, 0) is 7.05 Å². The lowest BCUT2D eigenvalue weighted by Crippen LogP contribution is -2.37. The van der Waals surface area contributed by atoms with E-state index in [0.717, 1.165) is 36.4 Å². The number of nitrogens with zero attached hydrogens (tertiary/aromatic N) is 5. The van der Waals surface area contributed by atoms with Crippen molar-refractivity contribution in [3.63, 3.8) is 0 Å². The fourth-order valence-electron chi connectivity index (χ4n) is 2.30. The summed E-state index contributed by atoms with van der Waals surface area (Å²) in [5.41, 5.74) is -0.982. The maximum Gasteiger partial charge on any atom is 0.397 e. The highest BCUT2D eigenvalue weighted by atomic mass is 35.5. The van der Waals surface area contributed by atoms with E-state index in [1.807, 2.05) is 6.92 Å². The van der Waals surface area contributed by atoms with Gasteiger partial charge in [-0.2, -0.15) is 18.3 Å². The lowest BCUT2D eigenvalue weighted by molar-refractivity contribution is -0.219. The molecule has 3 aromatic rings. The second kappa shape index (κ2) is 9.02. The van der Waals surface area contributed by atoms with E-state index in [1.54, 1.807) is 17.9 Å². The lowest BCUT2D eigenvalue weighted by Gasteiger charge is -2.26. The molecule has 0 atom stereocenters. The molecule has 0 saturated carbocycles. The van der Waals surface area contributed by atoms with E-state index in [2.05, 4.69) is 19.9 Å². The van der Waals surface area contributed by atoms with E-state index in [4.69, 9.17) is 16.3 Å². The van der Waals surface area contributed by atoms with E-state index >= 15 is 0 Å². The Kier molecular flexibility index (Phi) is 6.75. The van der Waals surface area contributed by atoms with E-state index in [0.29, 0.717) is 0 Å². The smallest absolute Gasteiger partial charge is 0.397 e. The molecule has 0 aromatic carbocycles. The number of hydrogen-bond donors (Lipinski definition) is 1. The summed E-state index contributed by atoms with van der Waals surface area (Å²) in [7, 11) is 1.80. The van der Waals surface area contributed by atoms with Crippen molar-refractivity contribution in [2.24, 2.45) is 12.5 Å². The summed E-state index contributed by atoms with van der Waals surface area (Å²) in [4.78, 5) is 17.4. The fourth-order valence-corrected chi connectivity index (χ4v) is 3.23. The number of aromatic nitrogens is 5. The summed E-state index contributed by atoms with van der Waals surface area (Å²) in [6, 6.07) is 4.40. The summed E-state index contributed by atoms with van der Waals surface area (Å²) < 4.78 is 49.7. The minimum atomic E-state index is -4.41. The highest BCUT2D eigenvalue weighted by Crippen LogP contribution is 2.37. The number of hydrogen-bond acceptors (Lipinski definition) is 6. The van der Waals surface area contributed by atoms with Gasteiger partial charge in [0, 0.05) is 19.3 Å². The summed E-state index contributed by atoms with van der Waals surface area (Å²) in [6.07, 6.45) is -1.30. The number of carbonyl (C=O) groups excluding carboxylic acids is 1. The number of rotatable bonds is 7.